The quantitative estimate of drug-likeness (QED) is 0.294. The van der Waals surface area contributed by atoms with Gasteiger partial charge in [0.25, 0.3) is 11.7 Å². The zero-order valence-corrected chi connectivity index (χ0v) is 20.3. The van der Waals surface area contributed by atoms with Gasteiger partial charge in [-0.3, -0.25) is 14.6 Å². The third kappa shape index (κ3) is 4.44. The fourth-order valence-electron chi connectivity index (χ4n) is 4.79. The van der Waals surface area contributed by atoms with Crippen LogP contribution in [0.5, 0.6) is 11.5 Å². The van der Waals surface area contributed by atoms with Crippen molar-refractivity contribution in [2.24, 2.45) is 0 Å². The summed E-state index contributed by atoms with van der Waals surface area (Å²) in [5.41, 5.74) is 3.03. The lowest BCUT2D eigenvalue weighted by Gasteiger charge is -2.26. The van der Waals surface area contributed by atoms with E-state index >= 15 is 0 Å². The molecule has 1 fully saturated rings. The van der Waals surface area contributed by atoms with Crippen molar-refractivity contribution in [3.8, 4) is 11.5 Å². The van der Waals surface area contributed by atoms with Crippen LogP contribution in [0.2, 0.25) is 0 Å². The van der Waals surface area contributed by atoms with Crippen LogP contribution in [0.4, 0.5) is 0 Å². The van der Waals surface area contributed by atoms with Crippen molar-refractivity contribution in [1.82, 2.24) is 9.88 Å². The van der Waals surface area contributed by atoms with E-state index in [-0.39, 0.29) is 24.0 Å². The topological polar surface area (TPSA) is 89.0 Å². The molecule has 0 aliphatic carbocycles. The second-order valence-corrected chi connectivity index (χ2v) is 9.16. The zero-order chi connectivity index (χ0) is 25.2. The highest BCUT2D eigenvalue weighted by Gasteiger charge is 2.46. The average Bonchev–Trinajstić information content (AvgIpc) is 3.39. The van der Waals surface area contributed by atoms with Gasteiger partial charge in [0, 0.05) is 30.9 Å². The number of hydrogen-bond acceptors (Lipinski definition) is 6. The van der Waals surface area contributed by atoms with Crippen LogP contribution in [0.1, 0.15) is 48.6 Å². The molecular formula is C29H28N2O5. The molecule has 0 saturated carbocycles. The third-order valence-corrected chi connectivity index (χ3v) is 6.46. The minimum Gasteiger partial charge on any atom is -0.507 e. The van der Waals surface area contributed by atoms with Crippen molar-refractivity contribution in [2.75, 3.05) is 6.61 Å². The number of ketones is 1. The minimum atomic E-state index is -0.772. The molecule has 2 aliphatic rings. The maximum atomic E-state index is 13.4. The second-order valence-electron chi connectivity index (χ2n) is 9.16. The Morgan fingerprint density at radius 2 is 1.94 bits per heavy atom. The fourth-order valence-corrected chi connectivity index (χ4v) is 4.79. The molecule has 1 amide bonds. The summed E-state index contributed by atoms with van der Waals surface area (Å²) in [6.07, 6.45) is 4.91. The van der Waals surface area contributed by atoms with E-state index in [1.807, 2.05) is 44.2 Å². The predicted octanol–water partition coefficient (Wildman–Crippen LogP) is 4.82. The molecule has 3 heterocycles. The Hall–Kier alpha value is -4.13. The maximum absolute atomic E-state index is 13.4. The summed E-state index contributed by atoms with van der Waals surface area (Å²) in [5.74, 6) is -0.146. The highest BCUT2D eigenvalue weighted by Crippen LogP contribution is 2.42. The van der Waals surface area contributed by atoms with E-state index in [4.69, 9.17) is 9.47 Å². The van der Waals surface area contributed by atoms with E-state index in [0.29, 0.717) is 29.9 Å². The normalized spacial score (nSPS) is 20.3. The van der Waals surface area contributed by atoms with Crippen LogP contribution < -0.4 is 9.47 Å². The van der Waals surface area contributed by atoms with E-state index in [2.05, 4.69) is 4.98 Å². The second kappa shape index (κ2) is 9.85. The lowest BCUT2D eigenvalue weighted by atomic mass is 9.94. The van der Waals surface area contributed by atoms with Gasteiger partial charge in [-0.25, -0.2) is 0 Å². The number of benzene rings is 2. The Bertz CT molecular complexity index is 1330. The number of aliphatic hydroxyl groups excluding tert-OH is 1. The van der Waals surface area contributed by atoms with Gasteiger partial charge in [-0.15, -0.1) is 0 Å². The Balaban J connectivity index is 1.61. The predicted molar refractivity (Wildman–Crippen MR) is 135 cm³/mol. The number of nitrogens with zero attached hydrogens (tertiary/aromatic N) is 2. The van der Waals surface area contributed by atoms with Gasteiger partial charge in [-0.1, -0.05) is 19.1 Å². The van der Waals surface area contributed by atoms with Crippen molar-refractivity contribution in [3.05, 3.63) is 94.8 Å². The van der Waals surface area contributed by atoms with E-state index in [9.17, 15) is 14.7 Å². The molecule has 1 aromatic heterocycles. The van der Waals surface area contributed by atoms with E-state index in [0.717, 1.165) is 23.3 Å². The number of rotatable bonds is 7. The van der Waals surface area contributed by atoms with Crippen LogP contribution >= 0.6 is 0 Å². The monoisotopic (exact) mass is 484 g/mol. The molecule has 1 N–H and O–H groups in total. The highest BCUT2D eigenvalue weighted by molar-refractivity contribution is 6.46. The lowest BCUT2D eigenvalue weighted by Crippen LogP contribution is -2.29. The number of amides is 1. The zero-order valence-electron chi connectivity index (χ0n) is 20.3. The molecule has 3 aromatic rings. The standard InChI is InChI=1S/C29H28N2O5/c1-3-13-35-23-6-4-5-20(16-23)26-25(27(32)21-7-8-24-22(15-21)14-18(2)36-24)28(33)29(34)31(26)17-19-9-11-30-12-10-19/h4-12,15-16,18,26,32H,3,13-14,17H2,1-2H3/t18-,26-/m1/s1. The summed E-state index contributed by atoms with van der Waals surface area (Å²) in [4.78, 5) is 32.2. The summed E-state index contributed by atoms with van der Waals surface area (Å²) < 4.78 is 11.6. The van der Waals surface area contributed by atoms with Crippen molar-refractivity contribution in [1.29, 1.82) is 0 Å². The Kier molecular flexibility index (Phi) is 6.46. The molecule has 7 nitrogen and oxygen atoms in total. The van der Waals surface area contributed by atoms with Crippen LogP contribution in [0.3, 0.4) is 0 Å². The molecule has 0 radical (unpaired) electrons. The molecule has 2 atom stereocenters. The summed E-state index contributed by atoms with van der Waals surface area (Å²) in [5, 5.41) is 11.4. The molecule has 2 aliphatic heterocycles. The number of fused-ring (bicyclic) bond motifs is 1. The molecule has 184 valence electrons. The molecule has 1 saturated heterocycles. The van der Waals surface area contributed by atoms with Gasteiger partial charge in [0.05, 0.1) is 18.2 Å². The smallest absolute Gasteiger partial charge is 0.295 e. The molecule has 2 aromatic carbocycles. The Morgan fingerprint density at radius 1 is 1.14 bits per heavy atom. The number of ether oxygens (including phenoxy) is 2. The van der Waals surface area contributed by atoms with E-state index in [1.54, 1.807) is 36.7 Å². The summed E-state index contributed by atoms with van der Waals surface area (Å²) >= 11 is 0. The van der Waals surface area contributed by atoms with Crippen molar-refractivity contribution in [2.45, 2.75) is 45.4 Å². The number of likely N-dealkylation sites (tertiary alicyclic amines) is 1. The fraction of sp³-hybridized carbons (Fsp3) is 0.276. The van der Waals surface area contributed by atoms with Gasteiger partial charge >= 0.3 is 0 Å². The van der Waals surface area contributed by atoms with Crippen LogP contribution in [0.25, 0.3) is 5.76 Å². The molecule has 5 rings (SSSR count). The number of aromatic nitrogens is 1. The molecule has 7 heteroatoms. The van der Waals surface area contributed by atoms with Crippen LogP contribution in [-0.4, -0.2) is 39.4 Å². The Labute approximate surface area is 210 Å². The molecular weight excluding hydrogens is 456 g/mol. The molecule has 0 unspecified atom stereocenters. The van der Waals surface area contributed by atoms with Gasteiger partial charge < -0.3 is 19.5 Å². The summed E-state index contributed by atoms with van der Waals surface area (Å²) in [7, 11) is 0. The molecule has 36 heavy (non-hydrogen) atoms. The minimum absolute atomic E-state index is 0.0502. The maximum Gasteiger partial charge on any atom is 0.295 e. The number of Topliss-reactive ketones (excluding diaryl/α,β-unsaturated/α-hetero) is 1. The number of aliphatic hydroxyl groups is 1. The lowest BCUT2D eigenvalue weighted by molar-refractivity contribution is -0.140. The van der Waals surface area contributed by atoms with Gasteiger partial charge in [0.1, 0.15) is 23.4 Å². The summed E-state index contributed by atoms with van der Waals surface area (Å²) in [6.45, 7) is 4.76. The summed E-state index contributed by atoms with van der Waals surface area (Å²) in [6, 6.07) is 15.6. The largest absolute Gasteiger partial charge is 0.507 e. The van der Waals surface area contributed by atoms with E-state index in [1.165, 1.54) is 4.90 Å². The highest BCUT2D eigenvalue weighted by atomic mass is 16.5. The SMILES string of the molecule is CCCOc1cccc([C@@H]2C(=C(O)c3ccc4c(c3)C[C@@H](C)O4)C(=O)C(=O)N2Cc2ccncc2)c1. The first kappa shape index (κ1) is 23.6. The van der Waals surface area contributed by atoms with Gasteiger partial charge in [-0.2, -0.15) is 0 Å². The average molecular weight is 485 g/mol. The Morgan fingerprint density at radius 3 is 2.72 bits per heavy atom. The first-order valence-corrected chi connectivity index (χ1v) is 12.2. The molecule has 0 spiro atoms. The van der Waals surface area contributed by atoms with Gasteiger partial charge in [-0.05, 0) is 72.5 Å². The van der Waals surface area contributed by atoms with Gasteiger partial charge in [0.15, 0.2) is 0 Å². The van der Waals surface area contributed by atoms with Gasteiger partial charge in [0.2, 0.25) is 0 Å². The van der Waals surface area contributed by atoms with Crippen LogP contribution in [0.15, 0.2) is 72.6 Å². The number of pyridine rings is 1. The van der Waals surface area contributed by atoms with Crippen LogP contribution in [-0.2, 0) is 22.6 Å². The number of carbonyl (C=O) groups is 2. The van der Waals surface area contributed by atoms with Crippen molar-refractivity contribution in [3.63, 3.8) is 0 Å². The first-order chi connectivity index (χ1) is 17.5. The van der Waals surface area contributed by atoms with Crippen LogP contribution in [0, 0.1) is 0 Å². The third-order valence-electron chi connectivity index (χ3n) is 6.46. The van der Waals surface area contributed by atoms with Crippen molar-refractivity contribution >= 4 is 17.4 Å². The van der Waals surface area contributed by atoms with Crippen molar-refractivity contribution < 1.29 is 24.2 Å². The number of carbonyl (C=O) groups excluding carboxylic acids is 2. The molecule has 0 bridgehead atoms. The first-order valence-electron chi connectivity index (χ1n) is 12.2. The number of hydrogen-bond donors (Lipinski definition) is 1. The van der Waals surface area contributed by atoms with E-state index < -0.39 is 17.7 Å².